The third-order valence-electron chi connectivity index (χ3n) is 27.7. The molecular weight excluding hydrogens is 1540 g/mol. The number of H-pyrrole nitrogens is 3. The molecule has 127 heavy (non-hydrogen) atoms. The van der Waals surface area contributed by atoms with Crippen molar-refractivity contribution in [2.45, 2.75) is 38.5 Å². The number of aromatic amines is 3. The first-order valence-electron chi connectivity index (χ1n) is 44.5. The van der Waals surface area contributed by atoms with Crippen LogP contribution in [0.2, 0.25) is 0 Å². The molecule has 6 nitrogen and oxygen atoms in total. The van der Waals surface area contributed by atoms with Crippen molar-refractivity contribution in [1.29, 1.82) is 0 Å². The highest BCUT2D eigenvalue weighted by Crippen LogP contribution is 2.52. The Bertz CT molecular complexity index is 8940. The van der Waals surface area contributed by atoms with E-state index in [4.69, 9.17) is 0 Å². The van der Waals surface area contributed by atoms with Gasteiger partial charge < -0.3 is 28.7 Å². The average molecular weight is 1620 g/mol. The van der Waals surface area contributed by atoms with Crippen LogP contribution >= 0.6 is 0 Å². The maximum atomic E-state index is 3.82. The van der Waals surface area contributed by atoms with Gasteiger partial charge in [0.15, 0.2) is 0 Å². The maximum absolute atomic E-state index is 3.82. The SMILES string of the molecule is C1=CC(C2C=CC(n3c4ccccc4c4cc(-c5cc6[nH]c7ccccc7c6c6ccccc56)ccc43)=CC2)=CCC1.C=C/C=C\c1cccc(-n2c3ccccc3c3cc(-c4cc5[nH]c6ccccc6c5c5ccccc45)ccc32)c1.CC1(C)c2ccccc2-c2ccc(-n3c4ccccc4c4cc(-c5cc6[nH]c7ccccc7c6c6ccccc56)ccc43)cc21. The van der Waals surface area contributed by atoms with Crippen molar-refractivity contribution in [3.63, 3.8) is 0 Å². The highest BCUT2D eigenvalue weighted by atomic mass is 15.0. The van der Waals surface area contributed by atoms with Gasteiger partial charge in [-0.25, -0.2) is 0 Å². The Hall–Kier alpha value is -16.0. The first-order chi connectivity index (χ1) is 62.7. The molecule has 6 heteroatoms. The molecule has 0 saturated heterocycles. The summed E-state index contributed by atoms with van der Waals surface area (Å²) in [5, 5.41) is 23.0. The number of aromatic nitrogens is 6. The number of nitrogens with one attached hydrogen (secondary N) is 3. The zero-order chi connectivity index (χ0) is 84.1. The number of hydrogen-bond acceptors (Lipinski definition) is 0. The molecule has 6 aromatic heterocycles. The third kappa shape index (κ3) is 11.8. The number of hydrogen-bond donors (Lipinski definition) is 3. The molecule has 0 amide bonds. The zero-order valence-electron chi connectivity index (χ0n) is 70.5. The molecule has 0 aliphatic heterocycles. The van der Waals surface area contributed by atoms with Gasteiger partial charge in [-0.3, -0.25) is 0 Å². The van der Waals surface area contributed by atoms with E-state index in [0.717, 1.165) is 30.5 Å². The molecule has 600 valence electrons. The second kappa shape index (κ2) is 29.3. The van der Waals surface area contributed by atoms with Gasteiger partial charge in [0.2, 0.25) is 0 Å². The van der Waals surface area contributed by atoms with Crippen LogP contribution < -0.4 is 0 Å². The van der Waals surface area contributed by atoms with Crippen LogP contribution in [0.5, 0.6) is 0 Å². The predicted octanol–water partition coefficient (Wildman–Crippen LogP) is 32.9. The molecular formula is C121H86N6. The van der Waals surface area contributed by atoms with Crippen LogP contribution in [-0.4, -0.2) is 28.7 Å². The molecule has 3 N–H and O–H groups in total. The van der Waals surface area contributed by atoms with E-state index in [1.165, 1.54) is 236 Å². The molecule has 0 fully saturated rings. The van der Waals surface area contributed by atoms with Crippen molar-refractivity contribution in [2.24, 2.45) is 5.92 Å². The first kappa shape index (κ1) is 73.7. The maximum Gasteiger partial charge on any atom is 0.0541 e. The van der Waals surface area contributed by atoms with Crippen LogP contribution in [0.15, 0.2) is 419 Å². The number of para-hydroxylation sites is 6. The summed E-state index contributed by atoms with van der Waals surface area (Å²) >= 11 is 0. The second-order valence-corrected chi connectivity index (χ2v) is 35.0. The van der Waals surface area contributed by atoms with Gasteiger partial charge in [-0.15, -0.1) is 0 Å². The topological polar surface area (TPSA) is 62.2 Å². The first-order valence-corrected chi connectivity index (χ1v) is 44.5. The summed E-state index contributed by atoms with van der Waals surface area (Å²) in [6.07, 6.45) is 23.4. The van der Waals surface area contributed by atoms with Crippen molar-refractivity contribution in [2.75, 3.05) is 0 Å². The monoisotopic (exact) mass is 1620 g/mol. The lowest BCUT2D eigenvalue weighted by atomic mass is 9.82. The van der Waals surface area contributed by atoms with Gasteiger partial charge in [0, 0.05) is 126 Å². The highest BCUT2D eigenvalue weighted by molar-refractivity contribution is 6.27. The Morgan fingerprint density at radius 2 is 0.717 bits per heavy atom. The van der Waals surface area contributed by atoms with Crippen molar-refractivity contribution < 1.29 is 0 Å². The molecule has 0 saturated carbocycles. The largest absolute Gasteiger partial charge is 0.354 e. The predicted molar refractivity (Wildman–Crippen MR) is 543 cm³/mol. The van der Waals surface area contributed by atoms with Crippen molar-refractivity contribution in [3.8, 4) is 55.9 Å². The molecule has 3 aliphatic rings. The van der Waals surface area contributed by atoms with Gasteiger partial charge in [0.25, 0.3) is 0 Å². The summed E-state index contributed by atoms with van der Waals surface area (Å²) in [6, 6.07) is 131. The number of nitrogens with zero attached hydrogens (tertiary/aromatic N) is 3. The summed E-state index contributed by atoms with van der Waals surface area (Å²) in [6.45, 7) is 8.53. The van der Waals surface area contributed by atoms with Crippen molar-refractivity contribution in [3.05, 3.63) is 435 Å². The Kier molecular flexibility index (Phi) is 17.0. The summed E-state index contributed by atoms with van der Waals surface area (Å²) in [4.78, 5) is 11.1. The Morgan fingerprint density at radius 3 is 1.18 bits per heavy atom. The van der Waals surface area contributed by atoms with E-state index in [-0.39, 0.29) is 5.41 Å². The lowest BCUT2D eigenvalue weighted by molar-refractivity contribution is 0.660. The number of rotatable bonds is 9. The Balaban J connectivity index is 0.000000104. The van der Waals surface area contributed by atoms with Gasteiger partial charge in [0.1, 0.15) is 0 Å². The minimum atomic E-state index is -0.0455. The molecule has 0 radical (unpaired) electrons. The molecule has 24 aromatic rings. The summed E-state index contributed by atoms with van der Waals surface area (Å²) in [7, 11) is 0. The van der Waals surface area contributed by atoms with E-state index < -0.39 is 0 Å². The number of allylic oxidation sites excluding steroid dienone is 10. The van der Waals surface area contributed by atoms with Crippen molar-refractivity contribution >= 4 is 175 Å². The average Bonchev–Trinajstić information content (AvgIpc) is 1.59. The van der Waals surface area contributed by atoms with Crippen LogP contribution in [0, 0.1) is 5.92 Å². The molecule has 1 unspecified atom stereocenters. The van der Waals surface area contributed by atoms with E-state index in [9.17, 15) is 0 Å². The van der Waals surface area contributed by atoms with Crippen LogP contribution in [0.1, 0.15) is 49.8 Å². The molecule has 27 rings (SSSR count). The van der Waals surface area contributed by atoms with Crippen molar-refractivity contribution in [1.82, 2.24) is 28.7 Å². The van der Waals surface area contributed by atoms with Crippen LogP contribution in [-0.2, 0) is 5.41 Å². The number of fused-ring (bicyclic) bond motifs is 27. The fourth-order valence-electron chi connectivity index (χ4n) is 21.8. The molecule has 0 bridgehead atoms. The fourth-order valence-corrected chi connectivity index (χ4v) is 21.8. The molecule has 1 atom stereocenters. The highest BCUT2D eigenvalue weighted by Gasteiger charge is 2.36. The Labute approximate surface area is 734 Å². The quantitative estimate of drug-likeness (QED) is 0.121. The van der Waals surface area contributed by atoms with Crippen LogP contribution in [0.3, 0.4) is 0 Å². The van der Waals surface area contributed by atoms with Crippen LogP contribution in [0.25, 0.3) is 231 Å². The Morgan fingerprint density at radius 1 is 0.307 bits per heavy atom. The van der Waals surface area contributed by atoms with Gasteiger partial charge in [-0.05, 0) is 240 Å². The van der Waals surface area contributed by atoms with Gasteiger partial charge >= 0.3 is 0 Å². The van der Waals surface area contributed by atoms with E-state index in [0.29, 0.717) is 5.92 Å². The fraction of sp³-hybridized carbons (Fsp3) is 0.0579. The van der Waals surface area contributed by atoms with Crippen LogP contribution in [0.4, 0.5) is 0 Å². The second-order valence-electron chi connectivity index (χ2n) is 35.0. The zero-order valence-corrected chi connectivity index (χ0v) is 70.5. The van der Waals surface area contributed by atoms with Gasteiger partial charge in [-0.2, -0.15) is 0 Å². The summed E-state index contributed by atoms with van der Waals surface area (Å²) < 4.78 is 7.27. The standard InChI is InChI=1S/C43H30N2.C40H30N2.C38H26N2/c1-43(2)36-16-8-5-12-29(36)30-21-20-27(24-37(30)43)45-40-18-10-7-13-31(40)35-23-26(19-22-41(35)45)34-25-39-42(32-14-4-3-11-28(32)34)33-15-6-9-17-38(33)44-39;1-2-10-26(11-3-1)27-18-21-29(22-19-27)42-38-17-9-7-13-31(38)35-24-28(20-23-39(35)42)34-25-37-40(32-14-5-4-12-30(32)34)33-15-6-8-16-36(33)41-37;1-2-3-11-25-12-10-13-27(22-25)40-36-19-9-7-15-29(36)33-23-26(20-21-37(33)40)32-24-35-38(30-16-5-4-14-28(30)32)31-17-6-8-18-34(31)39-35/h3-25,44H,1-2H3;2,4-18,20-25,27,41H,1,3,19H2;2-24,39H,1H2/b;;11-3-. The minimum absolute atomic E-state index is 0.0455. The lowest BCUT2D eigenvalue weighted by Crippen LogP contribution is -2.15. The molecule has 6 heterocycles. The smallest absolute Gasteiger partial charge is 0.0541 e. The van der Waals surface area contributed by atoms with E-state index in [2.05, 4.69) is 450 Å². The van der Waals surface area contributed by atoms with Gasteiger partial charge in [-0.1, -0.05) is 312 Å². The normalized spacial score (nSPS) is 14.3. The summed E-state index contributed by atoms with van der Waals surface area (Å²) in [5.74, 6) is 0.470. The van der Waals surface area contributed by atoms with Gasteiger partial charge in [0.05, 0.1) is 33.1 Å². The molecule has 0 spiro atoms. The molecule has 18 aromatic carbocycles. The van der Waals surface area contributed by atoms with E-state index >= 15 is 0 Å². The lowest BCUT2D eigenvalue weighted by Gasteiger charge is -2.22. The van der Waals surface area contributed by atoms with E-state index in [1.807, 2.05) is 12.2 Å². The van der Waals surface area contributed by atoms with E-state index in [1.54, 1.807) is 0 Å². The number of benzene rings is 18. The summed E-state index contributed by atoms with van der Waals surface area (Å²) in [5.41, 5.74) is 33.5. The molecule has 3 aliphatic carbocycles. The third-order valence-corrected chi connectivity index (χ3v) is 27.7. The minimum Gasteiger partial charge on any atom is -0.354 e.